The summed E-state index contributed by atoms with van der Waals surface area (Å²) in [5.74, 6) is 0.958. The minimum Gasteiger partial charge on any atom is -0.486 e. The van der Waals surface area contributed by atoms with Gasteiger partial charge in [-0.05, 0) is 24.1 Å². The first-order chi connectivity index (χ1) is 9.40. The molecule has 19 heavy (non-hydrogen) atoms. The molecule has 0 saturated carbocycles. The van der Waals surface area contributed by atoms with Crippen molar-refractivity contribution in [2.45, 2.75) is 12.5 Å². The van der Waals surface area contributed by atoms with Gasteiger partial charge in [0.15, 0.2) is 0 Å². The van der Waals surface area contributed by atoms with Gasteiger partial charge in [0.05, 0.1) is 13.2 Å². The number of nitrogens with zero attached hydrogens (tertiary/aromatic N) is 1. The van der Waals surface area contributed by atoms with Crippen molar-refractivity contribution in [3.8, 4) is 5.75 Å². The molecule has 1 aromatic carbocycles. The zero-order chi connectivity index (χ0) is 12.9. The molecule has 1 aromatic rings. The van der Waals surface area contributed by atoms with Crippen LogP contribution >= 0.6 is 0 Å². The van der Waals surface area contributed by atoms with Gasteiger partial charge in [0.1, 0.15) is 11.9 Å². The van der Waals surface area contributed by atoms with Crippen molar-refractivity contribution in [2.75, 3.05) is 45.9 Å². The first kappa shape index (κ1) is 12.9. The highest BCUT2D eigenvalue weighted by Gasteiger charge is 2.19. The predicted molar refractivity (Wildman–Crippen MR) is 74.7 cm³/mol. The molecule has 0 unspecified atom stereocenters. The average molecular weight is 262 g/mol. The van der Waals surface area contributed by atoms with Crippen LogP contribution in [0.2, 0.25) is 0 Å². The summed E-state index contributed by atoms with van der Waals surface area (Å²) in [5.41, 5.74) is 1.38. The van der Waals surface area contributed by atoms with E-state index in [1.54, 1.807) is 0 Å². The fourth-order valence-corrected chi connectivity index (χ4v) is 2.43. The summed E-state index contributed by atoms with van der Waals surface area (Å²) in [6.45, 7) is 7.19. The lowest BCUT2D eigenvalue weighted by Gasteiger charge is -2.27. The van der Waals surface area contributed by atoms with Crippen molar-refractivity contribution in [3.05, 3.63) is 29.8 Å². The molecule has 0 spiro atoms. The molecule has 0 aliphatic carbocycles. The number of piperazine rings is 1. The third kappa shape index (κ3) is 3.69. The first-order valence-corrected chi connectivity index (χ1v) is 7.16. The Labute approximate surface area is 114 Å². The van der Waals surface area contributed by atoms with Crippen LogP contribution in [0.15, 0.2) is 24.3 Å². The Morgan fingerprint density at radius 2 is 1.89 bits per heavy atom. The van der Waals surface area contributed by atoms with Crippen LogP contribution in [0.4, 0.5) is 0 Å². The van der Waals surface area contributed by atoms with Crippen LogP contribution in [0.1, 0.15) is 5.56 Å². The summed E-state index contributed by atoms with van der Waals surface area (Å²) in [4.78, 5) is 2.52. The van der Waals surface area contributed by atoms with E-state index in [-0.39, 0.29) is 6.10 Å². The van der Waals surface area contributed by atoms with E-state index in [2.05, 4.69) is 34.5 Å². The molecule has 4 heteroatoms. The second kappa shape index (κ2) is 6.37. The molecule has 104 valence electrons. The van der Waals surface area contributed by atoms with Gasteiger partial charge in [0.2, 0.25) is 0 Å². The average Bonchev–Trinajstić information content (AvgIpc) is 2.43. The van der Waals surface area contributed by atoms with E-state index in [1.807, 2.05) is 0 Å². The van der Waals surface area contributed by atoms with Crippen LogP contribution in [-0.2, 0) is 11.2 Å². The van der Waals surface area contributed by atoms with Crippen LogP contribution in [-0.4, -0.2) is 56.9 Å². The topological polar surface area (TPSA) is 33.7 Å². The molecule has 4 nitrogen and oxygen atoms in total. The highest BCUT2D eigenvalue weighted by Crippen LogP contribution is 2.17. The Bertz CT molecular complexity index is 384. The molecule has 0 radical (unpaired) electrons. The van der Waals surface area contributed by atoms with E-state index in [4.69, 9.17) is 9.47 Å². The Morgan fingerprint density at radius 1 is 1.16 bits per heavy atom. The minimum atomic E-state index is 0.256. The summed E-state index contributed by atoms with van der Waals surface area (Å²) >= 11 is 0. The van der Waals surface area contributed by atoms with Crippen molar-refractivity contribution in [1.82, 2.24) is 10.2 Å². The lowest BCUT2D eigenvalue weighted by atomic mass is 10.1. The van der Waals surface area contributed by atoms with Gasteiger partial charge in [0.25, 0.3) is 0 Å². The summed E-state index contributed by atoms with van der Waals surface area (Å²) in [5, 5.41) is 3.38. The van der Waals surface area contributed by atoms with Gasteiger partial charge < -0.3 is 19.7 Å². The van der Waals surface area contributed by atoms with Crippen molar-refractivity contribution in [2.24, 2.45) is 0 Å². The van der Waals surface area contributed by atoms with Crippen LogP contribution in [0.5, 0.6) is 5.75 Å². The molecule has 0 aromatic heterocycles. The molecule has 2 aliphatic rings. The van der Waals surface area contributed by atoms with E-state index >= 15 is 0 Å². The molecule has 0 bridgehead atoms. The number of rotatable bonds is 5. The van der Waals surface area contributed by atoms with Gasteiger partial charge in [-0.25, -0.2) is 0 Å². The molecular formula is C15H22N2O2. The van der Waals surface area contributed by atoms with Gasteiger partial charge in [-0.3, -0.25) is 0 Å². The highest BCUT2D eigenvalue weighted by molar-refractivity contribution is 5.27. The molecule has 0 atom stereocenters. The van der Waals surface area contributed by atoms with Gasteiger partial charge in [-0.1, -0.05) is 12.1 Å². The monoisotopic (exact) mass is 262 g/mol. The normalized spacial score (nSPS) is 21.1. The van der Waals surface area contributed by atoms with E-state index in [0.29, 0.717) is 0 Å². The summed E-state index contributed by atoms with van der Waals surface area (Å²) in [6.07, 6.45) is 1.37. The fraction of sp³-hybridized carbons (Fsp3) is 0.600. The smallest absolute Gasteiger partial charge is 0.145 e. The molecule has 2 aliphatic heterocycles. The molecule has 2 fully saturated rings. The van der Waals surface area contributed by atoms with Crippen LogP contribution in [0, 0.1) is 0 Å². The fourth-order valence-electron chi connectivity index (χ4n) is 2.43. The van der Waals surface area contributed by atoms with Gasteiger partial charge >= 0.3 is 0 Å². The Morgan fingerprint density at radius 3 is 2.53 bits per heavy atom. The maximum Gasteiger partial charge on any atom is 0.145 e. The molecule has 1 N–H and O–H groups in total. The van der Waals surface area contributed by atoms with Gasteiger partial charge in [0, 0.05) is 32.7 Å². The Balaban J connectivity index is 1.45. The summed E-state index contributed by atoms with van der Waals surface area (Å²) in [7, 11) is 0. The number of ether oxygens (including phenoxy) is 2. The van der Waals surface area contributed by atoms with E-state index in [1.165, 1.54) is 18.7 Å². The van der Waals surface area contributed by atoms with E-state index in [0.717, 1.165) is 45.0 Å². The Kier molecular flexibility index (Phi) is 4.33. The molecule has 2 heterocycles. The third-order valence-corrected chi connectivity index (χ3v) is 3.76. The predicted octanol–water partition coefficient (Wildman–Crippen LogP) is 0.912. The SMILES string of the molecule is c1cc(OC2COC2)ccc1CCN1CCNCC1. The number of benzene rings is 1. The number of hydrogen-bond donors (Lipinski definition) is 1. The maximum absolute atomic E-state index is 5.76. The van der Waals surface area contributed by atoms with Crippen LogP contribution in [0.25, 0.3) is 0 Å². The van der Waals surface area contributed by atoms with Crippen molar-refractivity contribution in [1.29, 1.82) is 0 Å². The van der Waals surface area contributed by atoms with Crippen molar-refractivity contribution >= 4 is 0 Å². The van der Waals surface area contributed by atoms with Crippen molar-refractivity contribution < 1.29 is 9.47 Å². The summed E-state index contributed by atoms with van der Waals surface area (Å²) in [6, 6.07) is 8.50. The van der Waals surface area contributed by atoms with Gasteiger partial charge in [-0.15, -0.1) is 0 Å². The zero-order valence-corrected chi connectivity index (χ0v) is 11.3. The minimum absolute atomic E-state index is 0.256. The van der Waals surface area contributed by atoms with E-state index < -0.39 is 0 Å². The first-order valence-electron chi connectivity index (χ1n) is 7.16. The molecule has 3 rings (SSSR count). The highest BCUT2D eigenvalue weighted by atomic mass is 16.6. The van der Waals surface area contributed by atoms with Crippen LogP contribution in [0.3, 0.4) is 0 Å². The Hall–Kier alpha value is -1.10. The van der Waals surface area contributed by atoms with E-state index in [9.17, 15) is 0 Å². The molecule has 0 amide bonds. The quantitative estimate of drug-likeness (QED) is 0.855. The lowest BCUT2D eigenvalue weighted by Crippen LogP contribution is -2.44. The largest absolute Gasteiger partial charge is 0.486 e. The molecular weight excluding hydrogens is 240 g/mol. The standard InChI is InChI=1S/C15H22N2O2/c1-3-14(19-15-11-18-12-15)4-2-13(1)5-8-17-9-6-16-7-10-17/h1-4,15-16H,5-12H2. The molecule has 2 saturated heterocycles. The second-order valence-electron chi connectivity index (χ2n) is 5.26. The number of hydrogen-bond acceptors (Lipinski definition) is 4. The van der Waals surface area contributed by atoms with Crippen molar-refractivity contribution in [3.63, 3.8) is 0 Å². The zero-order valence-electron chi connectivity index (χ0n) is 11.3. The second-order valence-corrected chi connectivity index (χ2v) is 5.26. The lowest BCUT2D eigenvalue weighted by molar-refractivity contribution is -0.0796. The van der Waals surface area contributed by atoms with Crippen LogP contribution < -0.4 is 10.1 Å². The number of nitrogens with one attached hydrogen (secondary N) is 1. The summed E-state index contributed by atoms with van der Waals surface area (Å²) < 4.78 is 10.9. The van der Waals surface area contributed by atoms with Gasteiger partial charge in [-0.2, -0.15) is 0 Å². The maximum atomic E-state index is 5.76. The third-order valence-electron chi connectivity index (χ3n) is 3.76.